The monoisotopic (exact) mass is 292 g/mol. The molecule has 2 heterocycles. The highest BCUT2D eigenvalue weighted by Crippen LogP contribution is 2.27. The van der Waals surface area contributed by atoms with Gasteiger partial charge in [0.2, 0.25) is 0 Å². The van der Waals surface area contributed by atoms with Gasteiger partial charge in [-0.3, -0.25) is 4.68 Å². The number of hydrogen-bond donors (Lipinski definition) is 1. The van der Waals surface area contributed by atoms with E-state index in [1.165, 1.54) is 21.3 Å². The van der Waals surface area contributed by atoms with Crippen molar-refractivity contribution in [1.29, 1.82) is 0 Å². The first-order chi connectivity index (χ1) is 9.50. The Morgan fingerprint density at radius 2 is 2.10 bits per heavy atom. The zero-order chi connectivity index (χ0) is 14.3. The van der Waals surface area contributed by atoms with Crippen LogP contribution in [-0.4, -0.2) is 29.0 Å². The molecule has 3 rings (SSSR count). The summed E-state index contributed by atoms with van der Waals surface area (Å²) in [4.78, 5) is 0. The molecule has 20 heavy (non-hydrogen) atoms. The Bertz CT molecular complexity index is 751. The van der Waals surface area contributed by atoms with E-state index < -0.39 is 10.0 Å². The average Bonchev–Trinajstić information content (AvgIpc) is 2.85. The molecular formula is C13H16N4O2S. The number of fused-ring (bicyclic) bond motifs is 1. The minimum absolute atomic E-state index is 0.213. The molecule has 0 radical (unpaired) electrons. The summed E-state index contributed by atoms with van der Waals surface area (Å²) >= 11 is 0. The van der Waals surface area contributed by atoms with Crippen molar-refractivity contribution in [3.8, 4) is 0 Å². The highest BCUT2D eigenvalue weighted by atomic mass is 32.2. The maximum absolute atomic E-state index is 12.6. The summed E-state index contributed by atoms with van der Waals surface area (Å²) in [6.45, 7) is 0.794. The summed E-state index contributed by atoms with van der Waals surface area (Å²) in [6.07, 6.45) is 2.13. The Morgan fingerprint density at radius 1 is 1.30 bits per heavy atom. The summed E-state index contributed by atoms with van der Waals surface area (Å²) in [6, 6.07) is 7.15. The molecule has 0 unspecified atom stereocenters. The van der Waals surface area contributed by atoms with Crippen LogP contribution >= 0.6 is 0 Å². The molecule has 2 aromatic rings. The predicted octanol–water partition coefficient (Wildman–Crippen LogP) is 0.749. The lowest BCUT2D eigenvalue weighted by atomic mass is 9.99. The van der Waals surface area contributed by atoms with Crippen molar-refractivity contribution >= 4 is 15.7 Å². The fraction of sp³-hybridized carbons (Fsp3) is 0.308. The second kappa shape index (κ2) is 4.60. The van der Waals surface area contributed by atoms with Crippen LogP contribution in [0.15, 0.2) is 35.5 Å². The minimum atomic E-state index is -3.51. The number of rotatable bonds is 2. The number of aromatic nitrogens is 2. The van der Waals surface area contributed by atoms with Gasteiger partial charge in [-0.05, 0) is 29.7 Å². The number of anilines is 1. The lowest BCUT2D eigenvalue weighted by molar-refractivity contribution is 0.387. The van der Waals surface area contributed by atoms with Crippen molar-refractivity contribution in [2.75, 3.05) is 12.3 Å². The summed E-state index contributed by atoms with van der Waals surface area (Å²) in [5.41, 5.74) is 8.70. The molecule has 0 saturated carbocycles. The summed E-state index contributed by atoms with van der Waals surface area (Å²) < 4.78 is 28.1. The van der Waals surface area contributed by atoms with Gasteiger partial charge >= 0.3 is 0 Å². The van der Waals surface area contributed by atoms with E-state index in [0.29, 0.717) is 19.5 Å². The molecule has 0 amide bonds. The highest BCUT2D eigenvalue weighted by molar-refractivity contribution is 7.89. The van der Waals surface area contributed by atoms with E-state index in [1.807, 2.05) is 18.2 Å². The molecule has 2 N–H and O–H groups in total. The molecule has 7 heteroatoms. The zero-order valence-corrected chi connectivity index (χ0v) is 12.0. The van der Waals surface area contributed by atoms with Crippen LogP contribution in [0.25, 0.3) is 0 Å². The summed E-state index contributed by atoms with van der Waals surface area (Å²) in [7, 11) is -1.88. The smallest absolute Gasteiger partial charge is 0.260 e. The Kier molecular flexibility index (Phi) is 3.02. The molecule has 0 aliphatic carbocycles. The number of benzene rings is 1. The minimum Gasteiger partial charge on any atom is -0.398 e. The lowest BCUT2D eigenvalue weighted by Gasteiger charge is -2.28. The second-order valence-corrected chi connectivity index (χ2v) is 6.75. The van der Waals surface area contributed by atoms with Gasteiger partial charge in [0.05, 0.1) is 6.20 Å². The average molecular weight is 292 g/mol. The third-order valence-corrected chi connectivity index (χ3v) is 5.57. The topological polar surface area (TPSA) is 81.2 Å². The molecule has 106 valence electrons. The van der Waals surface area contributed by atoms with Gasteiger partial charge in [0.1, 0.15) is 0 Å². The van der Waals surface area contributed by atoms with E-state index in [4.69, 9.17) is 5.73 Å². The summed E-state index contributed by atoms with van der Waals surface area (Å²) in [5, 5.41) is 4.14. The SMILES string of the molecule is Cn1nccc1S(=O)(=O)N1CCc2c(N)cccc2C1. The van der Waals surface area contributed by atoms with Crippen LogP contribution in [0.1, 0.15) is 11.1 Å². The second-order valence-electron chi connectivity index (χ2n) is 4.87. The first-order valence-electron chi connectivity index (χ1n) is 6.34. The van der Waals surface area contributed by atoms with Gasteiger partial charge in [0.15, 0.2) is 5.03 Å². The normalized spacial score (nSPS) is 16.1. The van der Waals surface area contributed by atoms with Gasteiger partial charge in [-0.15, -0.1) is 0 Å². The molecule has 0 fully saturated rings. The molecule has 6 nitrogen and oxygen atoms in total. The van der Waals surface area contributed by atoms with Crippen molar-refractivity contribution in [3.63, 3.8) is 0 Å². The molecule has 0 atom stereocenters. The van der Waals surface area contributed by atoms with Crippen molar-refractivity contribution in [3.05, 3.63) is 41.6 Å². The molecule has 0 spiro atoms. The molecule has 0 saturated heterocycles. The van der Waals surface area contributed by atoms with Gasteiger partial charge in [0.25, 0.3) is 10.0 Å². The standard InChI is InChI=1S/C13H16N4O2S/c1-16-13(5-7-15-16)20(18,19)17-8-6-11-10(9-17)3-2-4-12(11)14/h2-5,7H,6,8-9,14H2,1H3. The Labute approximate surface area is 117 Å². The van der Waals surface area contributed by atoms with E-state index >= 15 is 0 Å². The Balaban J connectivity index is 1.97. The number of nitrogens with zero attached hydrogens (tertiary/aromatic N) is 3. The number of nitrogens with two attached hydrogens (primary N) is 1. The van der Waals surface area contributed by atoms with Crippen LogP contribution in [0, 0.1) is 0 Å². The van der Waals surface area contributed by atoms with Crippen LogP contribution in [0.4, 0.5) is 5.69 Å². The molecule has 1 aromatic carbocycles. The van der Waals surface area contributed by atoms with E-state index in [2.05, 4.69) is 5.10 Å². The lowest BCUT2D eigenvalue weighted by Crippen LogP contribution is -2.37. The van der Waals surface area contributed by atoms with Gasteiger partial charge in [-0.1, -0.05) is 12.1 Å². The van der Waals surface area contributed by atoms with Crippen LogP contribution in [-0.2, 0) is 30.0 Å². The highest BCUT2D eigenvalue weighted by Gasteiger charge is 2.30. The number of hydrogen-bond acceptors (Lipinski definition) is 4. The van der Waals surface area contributed by atoms with Crippen molar-refractivity contribution in [2.45, 2.75) is 18.0 Å². The third-order valence-electron chi connectivity index (χ3n) is 3.65. The first-order valence-corrected chi connectivity index (χ1v) is 7.78. The Hall–Kier alpha value is -1.86. The fourth-order valence-electron chi connectivity index (χ4n) is 2.57. The maximum Gasteiger partial charge on any atom is 0.260 e. The van der Waals surface area contributed by atoms with Crippen LogP contribution in [0.5, 0.6) is 0 Å². The van der Waals surface area contributed by atoms with Crippen LogP contribution in [0.3, 0.4) is 0 Å². The van der Waals surface area contributed by atoms with E-state index in [-0.39, 0.29) is 5.03 Å². The van der Waals surface area contributed by atoms with E-state index in [1.54, 1.807) is 7.05 Å². The largest absolute Gasteiger partial charge is 0.398 e. The Morgan fingerprint density at radius 3 is 2.80 bits per heavy atom. The number of sulfonamides is 1. The maximum atomic E-state index is 12.6. The quantitative estimate of drug-likeness (QED) is 0.828. The fourth-order valence-corrected chi connectivity index (χ4v) is 4.08. The van der Waals surface area contributed by atoms with Gasteiger partial charge in [0, 0.05) is 25.8 Å². The van der Waals surface area contributed by atoms with Gasteiger partial charge in [-0.25, -0.2) is 8.42 Å². The van der Waals surface area contributed by atoms with Crippen molar-refractivity contribution < 1.29 is 8.42 Å². The van der Waals surface area contributed by atoms with E-state index in [9.17, 15) is 8.42 Å². The van der Waals surface area contributed by atoms with Crippen molar-refractivity contribution in [1.82, 2.24) is 14.1 Å². The molecule has 1 aromatic heterocycles. The first kappa shape index (κ1) is 13.1. The molecular weight excluding hydrogens is 276 g/mol. The molecule has 0 bridgehead atoms. The van der Waals surface area contributed by atoms with E-state index in [0.717, 1.165) is 16.8 Å². The third kappa shape index (κ3) is 1.99. The van der Waals surface area contributed by atoms with Gasteiger partial charge < -0.3 is 5.73 Å². The molecule has 1 aliphatic heterocycles. The van der Waals surface area contributed by atoms with Crippen molar-refractivity contribution in [2.24, 2.45) is 7.05 Å². The van der Waals surface area contributed by atoms with Crippen LogP contribution < -0.4 is 5.73 Å². The zero-order valence-electron chi connectivity index (χ0n) is 11.2. The van der Waals surface area contributed by atoms with Gasteiger partial charge in [-0.2, -0.15) is 9.40 Å². The number of aryl methyl sites for hydroxylation is 1. The molecule has 1 aliphatic rings. The summed E-state index contributed by atoms with van der Waals surface area (Å²) in [5.74, 6) is 0. The predicted molar refractivity (Wildman–Crippen MR) is 75.4 cm³/mol. The van der Waals surface area contributed by atoms with Crippen LogP contribution in [0.2, 0.25) is 0 Å². The number of nitrogen functional groups attached to an aromatic ring is 1.